The highest BCUT2D eigenvalue weighted by Crippen LogP contribution is 2.55. The van der Waals surface area contributed by atoms with Crippen LogP contribution in [0.4, 0.5) is 17.1 Å². The van der Waals surface area contributed by atoms with Crippen molar-refractivity contribution in [1.82, 2.24) is 4.98 Å². The van der Waals surface area contributed by atoms with Crippen LogP contribution in [0.5, 0.6) is 5.75 Å². The Hall–Kier alpha value is -3.93. The monoisotopic (exact) mass is 672 g/mol. The second-order valence-corrected chi connectivity index (χ2v) is 13.5. The molecule has 0 radical (unpaired) electrons. The molecule has 0 saturated heterocycles. The molecule has 0 unspecified atom stereocenters. The summed E-state index contributed by atoms with van der Waals surface area (Å²) in [7, 11) is 0. The van der Waals surface area contributed by atoms with Gasteiger partial charge in [0.15, 0.2) is 0 Å². The Bertz CT molecular complexity index is 1910. The number of ether oxygens (including phenoxy) is 1. The van der Waals surface area contributed by atoms with E-state index in [2.05, 4.69) is 150 Å². The predicted molar refractivity (Wildman–Crippen MR) is 195 cm³/mol. The molecule has 0 N–H and O–H groups in total. The molecule has 3 nitrogen and oxygen atoms in total. The van der Waals surface area contributed by atoms with Crippen LogP contribution in [0.1, 0.15) is 50.7 Å². The lowest BCUT2D eigenvalue weighted by atomic mass is 9.73. The van der Waals surface area contributed by atoms with E-state index in [1.807, 2.05) is 0 Å². The molecular formula is C40H37BrN2OS. The van der Waals surface area contributed by atoms with Gasteiger partial charge in [-0.1, -0.05) is 84.4 Å². The molecule has 0 atom stereocenters. The average Bonchev–Trinajstić information content (AvgIpc) is 3.64. The molecule has 0 saturated carbocycles. The van der Waals surface area contributed by atoms with Gasteiger partial charge in [-0.3, -0.25) is 0 Å². The molecule has 5 heteroatoms. The molecule has 6 aromatic rings. The number of nitrogens with zero attached hydrogens (tertiary/aromatic N) is 2. The average molecular weight is 674 g/mol. The van der Waals surface area contributed by atoms with Crippen molar-refractivity contribution in [3.05, 3.63) is 126 Å². The zero-order valence-corrected chi connectivity index (χ0v) is 28.2. The summed E-state index contributed by atoms with van der Waals surface area (Å²) in [5, 5.41) is 2.09. The van der Waals surface area contributed by atoms with Crippen molar-refractivity contribution < 1.29 is 4.74 Å². The summed E-state index contributed by atoms with van der Waals surface area (Å²) >= 11 is 5.30. The van der Waals surface area contributed by atoms with Gasteiger partial charge < -0.3 is 9.64 Å². The Labute approximate surface area is 278 Å². The normalized spacial score (nSPS) is 13.0. The van der Waals surface area contributed by atoms with Crippen LogP contribution in [0.15, 0.2) is 115 Å². The molecule has 7 rings (SSSR count). The van der Waals surface area contributed by atoms with E-state index in [4.69, 9.17) is 9.72 Å². The number of rotatable bonds is 11. The minimum absolute atomic E-state index is 0.0733. The van der Waals surface area contributed by atoms with E-state index in [1.54, 1.807) is 11.3 Å². The largest absolute Gasteiger partial charge is 0.494 e. The predicted octanol–water partition coefficient (Wildman–Crippen LogP) is 12.1. The maximum atomic E-state index is 6.17. The highest BCUT2D eigenvalue weighted by atomic mass is 79.9. The van der Waals surface area contributed by atoms with Crippen LogP contribution in [0.2, 0.25) is 0 Å². The van der Waals surface area contributed by atoms with E-state index in [-0.39, 0.29) is 5.41 Å². The van der Waals surface area contributed by atoms with Crippen molar-refractivity contribution in [1.29, 1.82) is 0 Å². The van der Waals surface area contributed by atoms with Gasteiger partial charge in [0.2, 0.25) is 0 Å². The Morgan fingerprint density at radius 1 is 0.711 bits per heavy atom. The molecule has 1 aliphatic rings. The number of hydrogen-bond donors (Lipinski definition) is 0. The Morgan fingerprint density at radius 2 is 1.42 bits per heavy atom. The van der Waals surface area contributed by atoms with Crippen molar-refractivity contribution in [2.45, 2.75) is 44.9 Å². The minimum Gasteiger partial charge on any atom is -0.494 e. The molecule has 0 bridgehead atoms. The van der Waals surface area contributed by atoms with E-state index in [0.29, 0.717) is 6.61 Å². The summed E-state index contributed by atoms with van der Waals surface area (Å²) in [6.07, 6.45) is 4.19. The van der Waals surface area contributed by atoms with Crippen molar-refractivity contribution >= 4 is 54.5 Å². The number of unbranched alkanes of at least 4 members (excludes halogenated alkanes) is 1. The van der Waals surface area contributed by atoms with Crippen LogP contribution in [-0.2, 0) is 5.41 Å². The summed E-state index contributed by atoms with van der Waals surface area (Å²) in [6, 6.07) is 41.7. The summed E-state index contributed by atoms with van der Waals surface area (Å²) in [5.74, 6) is 0.899. The van der Waals surface area contributed by atoms with Crippen LogP contribution in [0.3, 0.4) is 0 Å². The molecule has 0 fully saturated rings. The van der Waals surface area contributed by atoms with E-state index < -0.39 is 0 Å². The smallest absolute Gasteiger partial charge is 0.124 e. The van der Waals surface area contributed by atoms with Gasteiger partial charge in [-0.25, -0.2) is 4.98 Å². The zero-order chi connectivity index (χ0) is 30.8. The highest BCUT2D eigenvalue weighted by Gasteiger charge is 2.41. The van der Waals surface area contributed by atoms with Crippen molar-refractivity contribution in [2.24, 2.45) is 0 Å². The number of anilines is 3. The van der Waals surface area contributed by atoms with Crippen molar-refractivity contribution in [3.63, 3.8) is 0 Å². The standard InChI is InChI=1S/C40H37BrN2OS/c1-3-40(4-2)35-25-28(39-42-37-17-8-9-18-38(37)45-39)19-21-33(35)34-22-20-31(27-36(34)40)43(29-13-6-5-7-14-29)30-15-12-16-32(26-30)44-24-11-10-23-41/h5-9,12-22,25-27H,3-4,10-11,23-24H2,1-2H3. The number of alkyl halides is 1. The molecule has 1 aromatic heterocycles. The second kappa shape index (κ2) is 12.8. The third-order valence-corrected chi connectivity index (χ3v) is 10.9. The minimum atomic E-state index is -0.0733. The Kier molecular flexibility index (Phi) is 8.48. The van der Waals surface area contributed by atoms with Gasteiger partial charge in [-0.15, -0.1) is 11.3 Å². The lowest BCUT2D eigenvalue weighted by Gasteiger charge is -2.32. The quantitative estimate of drug-likeness (QED) is 0.101. The van der Waals surface area contributed by atoms with Crippen molar-refractivity contribution in [2.75, 3.05) is 16.8 Å². The number of aromatic nitrogens is 1. The first-order valence-electron chi connectivity index (χ1n) is 15.9. The first kappa shape index (κ1) is 29.8. The molecular weight excluding hydrogens is 636 g/mol. The third-order valence-electron chi connectivity index (χ3n) is 9.24. The van der Waals surface area contributed by atoms with E-state index >= 15 is 0 Å². The number of halogens is 1. The fourth-order valence-corrected chi connectivity index (χ4v) is 8.24. The number of benzene rings is 5. The molecule has 1 heterocycles. The molecule has 226 valence electrons. The zero-order valence-electron chi connectivity index (χ0n) is 25.8. The maximum Gasteiger partial charge on any atom is 0.124 e. The topological polar surface area (TPSA) is 25.4 Å². The van der Waals surface area contributed by atoms with Gasteiger partial charge in [0, 0.05) is 39.4 Å². The molecule has 0 amide bonds. The number of thiazole rings is 1. The molecule has 5 aromatic carbocycles. The lowest BCUT2D eigenvalue weighted by Crippen LogP contribution is -2.23. The summed E-state index contributed by atoms with van der Waals surface area (Å²) < 4.78 is 7.40. The van der Waals surface area contributed by atoms with E-state index in [9.17, 15) is 0 Å². The van der Waals surface area contributed by atoms with Crippen LogP contribution < -0.4 is 9.64 Å². The first-order valence-corrected chi connectivity index (χ1v) is 17.9. The SMILES string of the molecule is CCC1(CC)c2cc(-c3nc4ccccc4s3)ccc2-c2ccc(N(c3ccccc3)c3cccc(OCCCCBr)c3)cc21. The third kappa shape index (κ3) is 5.47. The maximum absolute atomic E-state index is 6.17. The van der Waals surface area contributed by atoms with Crippen LogP contribution in [0, 0.1) is 0 Å². The van der Waals surface area contributed by atoms with Gasteiger partial charge in [0.05, 0.1) is 16.8 Å². The van der Waals surface area contributed by atoms with Gasteiger partial charge in [-0.2, -0.15) is 0 Å². The van der Waals surface area contributed by atoms with Gasteiger partial charge in [0.25, 0.3) is 0 Å². The van der Waals surface area contributed by atoms with Crippen molar-refractivity contribution in [3.8, 4) is 27.4 Å². The molecule has 0 aliphatic heterocycles. The van der Waals surface area contributed by atoms with Gasteiger partial charge in [-0.05, 0) is 103 Å². The Balaban J connectivity index is 1.31. The van der Waals surface area contributed by atoms with Crippen LogP contribution >= 0.6 is 27.3 Å². The van der Waals surface area contributed by atoms with Gasteiger partial charge in [0.1, 0.15) is 10.8 Å². The van der Waals surface area contributed by atoms with Crippen LogP contribution in [-0.4, -0.2) is 16.9 Å². The lowest BCUT2D eigenvalue weighted by molar-refractivity contribution is 0.310. The fourth-order valence-electron chi connectivity index (χ4n) is 6.89. The Morgan fingerprint density at radius 3 is 2.20 bits per heavy atom. The number of hydrogen-bond acceptors (Lipinski definition) is 4. The molecule has 45 heavy (non-hydrogen) atoms. The van der Waals surface area contributed by atoms with Crippen LogP contribution in [0.25, 0.3) is 31.9 Å². The van der Waals surface area contributed by atoms with E-state index in [1.165, 1.54) is 32.5 Å². The molecule has 0 spiro atoms. The number of fused-ring (bicyclic) bond motifs is 4. The number of para-hydroxylation sites is 2. The summed E-state index contributed by atoms with van der Waals surface area (Å²) in [5.41, 5.74) is 11.1. The fraction of sp³-hybridized carbons (Fsp3) is 0.225. The first-order chi connectivity index (χ1) is 22.1. The summed E-state index contributed by atoms with van der Waals surface area (Å²) in [4.78, 5) is 7.35. The second-order valence-electron chi connectivity index (χ2n) is 11.7. The van der Waals surface area contributed by atoms with E-state index in [0.717, 1.165) is 64.3 Å². The molecule has 1 aliphatic carbocycles. The summed E-state index contributed by atoms with van der Waals surface area (Å²) in [6.45, 7) is 5.39. The highest BCUT2D eigenvalue weighted by molar-refractivity contribution is 9.09. The van der Waals surface area contributed by atoms with Gasteiger partial charge >= 0.3 is 0 Å².